The molecule has 0 saturated carbocycles. The van der Waals surface area contributed by atoms with Crippen molar-refractivity contribution in [3.05, 3.63) is 63.7 Å². The molecule has 0 amide bonds. The normalized spacial score (nSPS) is 20.4. The molecule has 3 rings (SSSR count). The summed E-state index contributed by atoms with van der Waals surface area (Å²) in [4.78, 5) is 19.2. The lowest BCUT2D eigenvalue weighted by Gasteiger charge is -2.33. The minimum atomic E-state index is -1.19. The van der Waals surface area contributed by atoms with Crippen LogP contribution in [0.15, 0.2) is 52.4 Å². The summed E-state index contributed by atoms with van der Waals surface area (Å²) in [6, 6.07) is 10.9. The van der Waals surface area contributed by atoms with Gasteiger partial charge in [-0.15, -0.1) is 0 Å². The number of benzene rings is 2. The zero-order chi connectivity index (χ0) is 22.6. The van der Waals surface area contributed by atoms with Crippen LogP contribution >= 0.6 is 0 Å². The first-order valence-corrected chi connectivity index (χ1v) is 9.56. The van der Waals surface area contributed by atoms with Gasteiger partial charge in [0, 0.05) is 18.6 Å². The standard InChI is InChI=1S/C20H25N7O4/c1-12(14-4-6-15(7-5-14)27(29)30)23-19-24-18(21)25-20(22,26-19)10-9-13-3-8-16(28)17(11-13)31-2/h3-8,11-12,28H,9-10,22H2,1-2H3,(H4,21,23,24,25,26)/t12-,20?/m0/s1. The molecule has 0 radical (unpaired) electrons. The fraction of sp³-hybridized carbons (Fsp3) is 0.300. The Morgan fingerprint density at radius 2 is 2.03 bits per heavy atom. The monoisotopic (exact) mass is 427 g/mol. The molecule has 1 heterocycles. The van der Waals surface area contributed by atoms with Gasteiger partial charge in [-0.25, -0.2) is 9.98 Å². The molecule has 1 aliphatic heterocycles. The highest BCUT2D eigenvalue weighted by Gasteiger charge is 2.30. The average Bonchev–Trinajstić information content (AvgIpc) is 2.72. The smallest absolute Gasteiger partial charge is 0.269 e. The third-order valence-electron chi connectivity index (χ3n) is 4.85. The number of methoxy groups -OCH3 is 1. The van der Waals surface area contributed by atoms with E-state index in [4.69, 9.17) is 16.2 Å². The Labute approximate surface area is 179 Å². The number of aryl methyl sites for hydroxylation is 1. The Bertz CT molecular complexity index is 1020. The molecule has 7 N–H and O–H groups in total. The minimum Gasteiger partial charge on any atom is -0.504 e. The first-order chi connectivity index (χ1) is 14.7. The molecule has 0 bridgehead atoms. The van der Waals surface area contributed by atoms with Crippen molar-refractivity contribution in [2.24, 2.45) is 21.5 Å². The molecule has 11 nitrogen and oxygen atoms in total. The van der Waals surface area contributed by atoms with E-state index in [9.17, 15) is 15.2 Å². The summed E-state index contributed by atoms with van der Waals surface area (Å²) in [6.07, 6.45) is 0.941. The van der Waals surface area contributed by atoms with Gasteiger partial charge in [0.1, 0.15) is 0 Å². The summed E-state index contributed by atoms with van der Waals surface area (Å²) >= 11 is 0. The fourth-order valence-corrected chi connectivity index (χ4v) is 3.17. The van der Waals surface area contributed by atoms with Crippen LogP contribution in [-0.4, -0.2) is 34.8 Å². The molecule has 1 unspecified atom stereocenters. The largest absolute Gasteiger partial charge is 0.504 e. The van der Waals surface area contributed by atoms with Crippen LogP contribution in [0, 0.1) is 10.1 Å². The fourth-order valence-electron chi connectivity index (χ4n) is 3.17. The summed E-state index contributed by atoms with van der Waals surface area (Å²) in [5, 5.41) is 26.5. The zero-order valence-corrected chi connectivity index (χ0v) is 17.2. The molecule has 0 spiro atoms. The first kappa shape index (κ1) is 21.8. The number of ether oxygens (including phenoxy) is 1. The second kappa shape index (κ2) is 8.88. The van der Waals surface area contributed by atoms with Crippen LogP contribution in [0.3, 0.4) is 0 Å². The van der Waals surface area contributed by atoms with E-state index in [1.165, 1.54) is 19.2 Å². The van der Waals surface area contributed by atoms with Gasteiger partial charge in [0.05, 0.1) is 18.1 Å². The number of aromatic hydroxyl groups is 1. The highest BCUT2D eigenvalue weighted by molar-refractivity contribution is 6.00. The number of nitro groups is 1. The second-order valence-corrected chi connectivity index (χ2v) is 7.18. The second-order valence-electron chi connectivity index (χ2n) is 7.18. The number of phenolic OH excluding ortho intramolecular Hbond substituents is 1. The Kier molecular flexibility index (Phi) is 6.25. The van der Waals surface area contributed by atoms with Crippen molar-refractivity contribution < 1.29 is 14.8 Å². The molecule has 2 aromatic rings. The highest BCUT2D eigenvalue weighted by Crippen LogP contribution is 2.27. The zero-order valence-electron chi connectivity index (χ0n) is 17.2. The molecule has 0 aromatic heterocycles. The van der Waals surface area contributed by atoms with Crippen molar-refractivity contribution >= 4 is 17.6 Å². The number of nitro benzene ring substituents is 1. The summed E-state index contributed by atoms with van der Waals surface area (Å²) in [5.41, 5.74) is 14.0. The van der Waals surface area contributed by atoms with Gasteiger partial charge in [0.15, 0.2) is 23.2 Å². The van der Waals surface area contributed by atoms with Crippen LogP contribution in [0.4, 0.5) is 5.69 Å². The molecular formula is C20H25N7O4. The number of aliphatic imine (C=N–C) groups is 2. The SMILES string of the molecule is COc1cc(CCC2(N)N=C(N)NC(=N[C@@H](C)c3ccc([N+](=O)[O-])cc3)N2)ccc1O. The number of hydrogen-bond acceptors (Lipinski definition) is 8. The molecule has 164 valence electrons. The number of guanidine groups is 2. The maximum atomic E-state index is 10.8. The van der Waals surface area contributed by atoms with E-state index < -0.39 is 10.7 Å². The van der Waals surface area contributed by atoms with Crippen molar-refractivity contribution in [3.63, 3.8) is 0 Å². The topological polar surface area (TPSA) is 173 Å². The lowest BCUT2D eigenvalue weighted by atomic mass is 10.1. The van der Waals surface area contributed by atoms with E-state index in [0.29, 0.717) is 24.6 Å². The minimum absolute atomic E-state index is 0.0146. The molecule has 0 saturated heterocycles. The summed E-state index contributed by atoms with van der Waals surface area (Å²) in [7, 11) is 1.48. The average molecular weight is 427 g/mol. The molecule has 0 aliphatic carbocycles. The van der Waals surface area contributed by atoms with Gasteiger partial charge in [0.2, 0.25) is 5.96 Å². The van der Waals surface area contributed by atoms with Crippen molar-refractivity contribution in [1.29, 1.82) is 0 Å². The number of non-ortho nitro benzene ring substituents is 1. The summed E-state index contributed by atoms with van der Waals surface area (Å²) in [5.74, 6) is -0.271. The number of nitrogens with one attached hydrogen (secondary N) is 2. The van der Waals surface area contributed by atoms with Crippen LogP contribution in [-0.2, 0) is 6.42 Å². The maximum Gasteiger partial charge on any atom is 0.269 e. The van der Waals surface area contributed by atoms with Crippen LogP contribution in [0.1, 0.15) is 30.5 Å². The van der Waals surface area contributed by atoms with E-state index in [1.54, 1.807) is 30.3 Å². The van der Waals surface area contributed by atoms with E-state index in [-0.39, 0.29) is 23.4 Å². The Balaban J connectivity index is 1.72. The van der Waals surface area contributed by atoms with Crippen LogP contribution in [0.5, 0.6) is 11.5 Å². The molecular weight excluding hydrogens is 402 g/mol. The predicted octanol–water partition coefficient (Wildman–Crippen LogP) is 1.48. The lowest BCUT2D eigenvalue weighted by Crippen LogP contribution is -2.64. The highest BCUT2D eigenvalue weighted by atomic mass is 16.6. The summed E-state index contributed by atoms with van der Waals surface area (Å²) in [6.45, 7) is 1.85. The number of rotatable bonds is 7. The molecule has 0 fully saturated rings. The number of nitrogens with zero attached hydrogens (tertiary/aromatic N) is 3. The van der Waals surface area contributed by atoms with Crippen molar-refractivity contribution in [2.75, 3.05) is 7.11 Å². The van der Waals surface area contributed by atoms with E-state index >= 15 is 0 Å². The Morgan fingerprint density at radius 1 is 1.32 bits per heavy atom. The quantitative estimate of drug-likeness (QED) is 0.326. The summed E-state index contributed by atoms with van der Waals surface area (Å²) < 4.78 is 5.13. The number of hydrogen-bond donors (Lipinski definition) is 5. The Hall–Kier alpha value is -3.86. The van der Waals surface area contributed by atoms with Gasteiger partial charge < -0.3 is 20.9 Å². The van der Waals surface area contributed by atoms with E-state index in [0.717, 1.165) is 11.1 Å². The maximum absolute atomic E-state index is 10.8. The van der Waals surface area contributed by atoms with Gasteiger partial charge in [-0.1, -0.05) is 18.2 Å². The third-order valence-corrected chi connectivity index (χ3v) is 4.85. The third kappa shape index (κ3) is 5.39. The predicted molar refractivity (Wildman–Crippen MR) is 117 cm³/mol. The number of phenols is 1. The van der Waals surface area contributed by atoms with E-state index in [1.807, 2.05) is 6.92 Å². The van der Waals surface area contributed by atoms with Gasteiger partial charge in [0.25, 0.3) is 5.69 Å². The molecule has 1 aliphatic rings. The van der Waals surface area contributed by atoms with Crippen molar-refractivity contribution in [3.8, 4) is 11.5 Å². The number of nitrogens with two attached hydrogens (primary N) is 2. The van der Waals surface area contributed by atoms with Crippen molar-refractivity contribution in [1.82, 2.24) is 10.6 Å². The molecule has 2 aromatic carbocycles. The molecule has 11 heteroatoms. The van der Waals surface area contributed by atoms with E-state index in [2.05, 4.69) is 20.6 Å². The molecule has 2 atom stereocenters. The van der Waals surface area contributed by atoms with Crippen LogP contribution in [0.2, 0.25) is 0 Å². The van der Waals surface area contributed by atoms with Crippen molar-refractivity contribution in [2.45, 2.75) is 31.6 Å². The Morgan fingerprint density at radius 3 is 2.68 bits per heavy atom. The van der Waals surface area contributed by atoms with Gasteiger partial charge in [-0.2, -0.15) is 0 Å². The lowest BCUT2D eigenvalue weighted by molar-refractivity contribution is -0.384. The van der Waals surface area contributed by atoms with Gasteiger partial charge in [-0.3, -0.25) is 21.2 Å². The van der Waals surface area contributed by atoms with Crippen LogP contribution in [0.25, 0.3) is 0 Å². The molecule has 31 heavy (non-hydrogen) atoms. The van der Waals surface area contributed by atoms with Crippen LogP contribution < -0.4 is 26.8 Å². The van der Waals surface area contributed by atoms with Gasteiger partial charge in [-0.05, 0) is 36.6 Å². The first-order valence-electron chi connectivity index (χ1n) is 9.56. The van der Waals surface area contributed by atoms with Gasteiger partial charge >= 0.3 is 0 Å².